The van der Waals surface area contributed by atoms with E-state index >= 15 is 0 Å². The largest absolute Gasteiger partial charge is 0.360 e. The Morgan fingerprint density at radius 3 is 2.95 bits per heavy atom. The summed E-state index contributed by atoms with van der Waals surface area (Å²) in [4.78, 5) is 4.17. The van der Waals surface area contributed by atoms with Crippen molar-refractivity contribution >= 4 is 18.0 Å². The van der Waals surface area contributed by atoms with Gasteiger partial charge in [-0.2, -0.15) is 5.10 Å². The molecule has 1 aliphatic heterocycles. The van der Waals surface area contributed by atoms with Gasteiger partial charge in [-0.1, -0.05) is 30.3 Å². The fourth-order valence-corrected chi connectivity index (χ4v) is 1.90. The lowest BCUT2D eigenvalue weighted by atomic mass is 10.1. The summed E-state index contributed by atoms with van der Waals surface area (Å²) < 4.78 is 0. The molecule has 0 saturated carbocycles. The number of nitrogens with one attached hydrogen (secondary N) is 2. The molecule has 0 radical (unpaired) electrons. The Bertz CT molecular complexity index is 605. The average molecular weight is 250 g/mol. The fraction of sp³-hybridized carbons (Fsp3) is 0.0667. The quantitative estimate of drug-likeness (QED) is 0.650. The van der Waals surface area contributed by atoms with E-state index in [1.54, 1.807) is 12.4 Å². The highest BCUT2D eigenvalue weighted by atomic mass is 15.4. The summed E-state index contributed by atoms with van der Waals surface area (Å²) in [7, 11) is 0. The van der Waals surface area contributed by atoms with Crippen LogP contribution in [0.3, 0.4) is 0 Å². The zero-order valence-electron chi connectivity index (χ0n) is 10.3. The molecule has 2 heterocycles. The second-order valence-corrected chi connectivity index (χ2v) is 4.21. The van der Waals surface area contributed by atoms with Gasteiger partial charge in [0.05, 0.1) is 11.9 Å². The van der Waals surface area contributed by atoms with Crippen LogP contribution < -0.4 is 10.7 Å². The van der Waals surface area contributed by atoms with E-state index in [1.165, 1.54) is 5.56 Å². The molecule has 1 unspecified atom stereocenters. The molecule has 0 aliphatic carbocycles. The Hall–Kier alpha value is -2.62. The van der Waals surface area contributed by atoms with Gasteiger partial charge < -0.3 is 5.32 Å². The monoisotopic (exact) mass is 250 g/mol. The van der Waals surface area contributed by atoms with Crippen LogP contribution in [0.5, 0.6) is 0 Å². The molecule has 0 amide bonds. The normalized spacial score (nSPS) is 16.9. The smallest absolute Gasteiger partial charge is 0.132 e. The van der Waals surface area contributed by atoms with Crippen molar-refractivity contribution in [3.05, 3.63) is 66.0 Å². The lowest BCUT2D eigenvalue weighted by Crippen LogP contribution is -2.32. The number of benzene rings is 1. The number of hydrogen-bond donors (Lipinski definition) is 2. The maximum Gasteiger partial charge on any atom is 0.132 e. The molecule has 94 valence electrons. The number of hydrogen-bond acceptors (Lipinski definition) is 4. The highest BCUT2D eigenvalue weighted by Gasteiger charge is 2.09. The number of pyridine rings is 1. The van der Waals surface area contributed by atoms with E-state index in [-0.39, 0.29) is 6.17 Å². The number of para-hydroxylation sites is 1. The van der Waals surface area contributed by atoms with Crippen molar-refractivity contribution < 1.29 is 0 Å². The predicted octanol–water partition coefficient (Wildman–Crippen LogP) is 2.47. The van der Waals surface area contributed by atoms with E-state index in [0.29, 0.717) is 0 Å². The lowest BCUT2D eigenvalue weighted by Gasteiger charge is -2.21. The van der Waals surface area contributed by atoms with E-state index in [4.69, 9.17) is 0 Å². The van der Waals surface area contributed by atoms with Gasteiger partial charge in [-0.05, 0) is 29.8 Å². The second-order valence-electron chi connectivity index (χ2n) is 4.21. The Morgan fingerprint density at radius 1 is 1.16 bits per heavy atom. The van der Waals surface area contributed by atoms with Gasteiger partial charge >= 0.3 is 0 Å². The van der Waals surface area contributed by atoms with Gasteiger partial charge in [0.25, 0.3) is 0 Å². The van der Waals surface area contributed by atoms with Gasteiger partial charge in [0.2, 0.25) is 0 Å². The minimum Gasteiger partial charge on any atom is -0.360 e. The number of hydrazone groups is 1. The highest BCUT2D eigenvalue weighted by Crippen LogP contribution is 2.21. The van der Waals surface area contributed by atoms with Crippen LogP contribution in [0.1, 0.15) is 11.3 Å². The maximum atomic E-state index is 4.19. The minimum absolute atomic E-state index is 0.00476. The van der Waals surface area contributed by atoms with Gasteiger partial charge in [-0.15, -0.1) is 0 Å². The van der Waals surface area contributed by atoms with Crippen LogP contribution in [0.2, 0.25) is 0 Å². The van der Waals surface area contributed by atoms with E-state index < -0.39 is 0 Å². The van der Waals surface area contributed by atoms with Crippen molar-refractivity contribution in [1.82, 2.24) is 10.4 Å². The van der Waals surface area contributed by atoms with Gasteiger partial charge in [-0.25, -0.2) is 0 Å². The molecule has 2 N–H and O–H groups in total. The molecule has 4 nitrogen and oxygen atoms in total. The van der Waals surface area contributed by atoms with Crippen molar-refractivity contribution in [1.29, 1.82) is 0 Å². The van der Waals surface area contributed by atoms with E-state index in [1.807, 2.05) is 36.4 Å². The molecule has 19 heavy (non-hydrogen) atoms. The molecule has 1 atom stereocenters. The molecule has 2 aromatic rings. The molecule has 3 rings (SSSR count). The first-order valence-corrected chi connectivity index (χ1v) is 6.15. The Labute approximate surface area is 111 Å². The molecular formula is C15H14N4. The van der Waals surface area contributed by atoms with Crippen LogP contribution in [0, 0.1) is 0 Å². The summed E-state index contributed by atoms with van der Waals surface area (Å²) in [6.07, 6.45) is 7.57. The molecule has 1 aliphatic rings. The van der Waals surface area contributed by atoms with Crippen LogP contribution in [0.4, 0.5) is 5.69 Å². The average Bonchev–Trinajstić information content (AvgIpc) is 2.48. The van der Waals surface area contributed by atoms with Crippen LogP contribution >= 0.6 is 0 Å². The predicted molar refractivity (Wildman–Crippen MR) is 77.9 cm³/mol. The van der Waals surface area contributed by atoms with Crippen molar-refractivity contribution in [2.45, 2.75) is 6.17 Å². The SMILES string of the molecule is C1=CC(N/N=C/c2ccccn2)Nc2ccccc21. The molecule has 0 fully saturated rings. The molecule has 0 bridgehead atoms. The molecule has 0 spiro atoms. The highest BCUT2D eigenvalue weighted by molar-refractivity contribution is 5.76. The summed E-state index contributed by atoms with van der Waals surface area (Å²) in [6, 6.07) is 13.9. The van der Waals surface area contributed by atoms with Gasteiger partial charge in [0.1, 0.15) is 6.17 Å². The Kier molecular flexibility index (Phi) is 3.23. The first kappa shape index (κ1) is 11.5. The van der Waals surface area contributed by atoms with Crippen LogP contribution in [0.15, 0.2) is 59.8 Å². The van der Waals surface area contributed by atoms with E-state index in [0.717, 1.165) is 11.4 Å². The van der Waals surface area contributed by atoms with Gasteiger partial charge in [0, 0.05) is 11.9 Å². The maximum absolute atomic E-state index is 4.19. The standard InChI is InChI=1S/C15H14N4/c1-2-7-14-12(5-1)8-9-15(18-14)19-17-11-13-6-3-4-10-16-13/h1-11,15,18-19H/b17-11+. The van der Waals surface area contributed by atoms with Crippen molar-refractivity contribution in [3.8, 4) is 0 Å². The summed E-state index contributed by atoms with van der Waals surface area (Å²) >= 11 is 0. The Morgan fingerprint density at radius 2 is 2.05 bits per heavy atom. The summed E-state index contributed by atoms with van der Waals surface area (Å²) in [5.41, 5.74) is 6.17. The number of nitrogens with zero attached hydrogens (tertiary/aromatic N) is 2. The van der Waals surface area contributed by atoms with Crippen LogP contribution in [0.25, 0.3) is 6.08 Å². The summed E-state index contributed by atoms with van der Waals surface area (Å²) in [6.45, 7) is 0. The summed E-state index contributed by atoms with van der Waals surface area (Å²) in [5.74, 6) is 0. The number of anilines is 1. The van der Waals surface area contributed by atoms with Crippen molar-refractivity contribution in [3.63, 3.8) is 0 Å². The van der Waals surface area contributed by atoms with E-state index in [9.17, 15) is 0 Å². The first-order chi connectivity index (χ1) is 9.42. The minimum atomic E-state index is -0.00476. The molecular weight excluding hydrogens is 236 g/mol. The molecule has 1 aromatic carbocycles. The summed E-state index contributed by atoms with van der Waals surface area (Å²) in [5, 5.41) is 7.54. The lowest BCUT2D eigenvalue weighted by molar-refractivity contribution is 0.686. The van der Waals surface area contributed by atoms with Crippen molar-refractivity contribution in [2.24, 2.45) is 5.10 Å². The number of rotatable bonds is 3. The fourth-order valence-electron chi connectivity index (χ4n) is 1.90. The Balaban J connectivity index is 1.63. The van der Waals surface area contributed by atoms with E-state index in [2.05, 4.69) is 39.0 Å². The molecule has 1 aromatic heterocycles. The molecule has 0 saturated heterocycles. The third-order valence-electron chi connectivity index (χ3n) is 2.84. The number of aromatic nitrogens is 1. The zero-order valence-corrected chi connectivity index (χ0v) is 10.3. The zero-order chi connectivity index (χ0) is 12.9. The third-order valence-corrected chi connectivity index (χ3v) is 2.84. The van der Waals surface area contributed by atoms with Crippen LogP contribution in [-0.4, -0.2) is 17.4 Å². The third kappa shape index (κ3) is 2.80. The second kappa shape index (κ2) is 5.35. The molecule has 4 heteroatoms. The number of fused-ring (bicyclic) bond motifs is 1. The van der Waals surface area contributed by atoms with Gasteiger partial charge in [0.15, 0.2) is 0 Å². The first-order valence-electron chi connectivity index (χ1n) is 6.15. The topological polar surface area (TPSA) is 49.3 Å². The van der Waals surface area contributed by atoms with Crippen molar-refractivity contribution in [2.75, 3.05) is 5.32 Å². The van der Waals surface area contributed by atoms with Crippen LogP contribution in [-0.2, 0) is 0 Å². The van der Waals surface area contributed by atoms with Gasteiger partial charge in [-0.3, -0.25) is 10.4 Å².